The van der Waals surface area contributed by atoms with Gasteiger partial charge < -0.3 is 15.0 Å². The quantitative estimate of drug-likeness (QED) is 0.176. The summed E-state index contributed by atoms with van der Waals surface area (Å²) in [7, 11) is 0. The molecule has 0 saturated carbocycles. The Morgan fingerprint density at radius 3 is 2.79 bits per heavy atom. The molecule has 10 heteroatoms. The molecule has 1 aliphatic rings. The van der Waals surface area contributed by atoms with E-state index in [2.05, 4.69) is 30.4 Å². The van der Waals surface area contributed by atoms with Gasteiger partial charge in [0, 0.05) is 42.6 Å². The average molecular weight is 580 g/mol. The Morgan fingerprint density at radius 2 is 1.98 bits per heavy atom. The van der Waals surface area contributed by atoms with Gasteiger partial charge in [-0.15, -0.1) is 0 Å². The third-order valence-corrected chi connectivity index (χ3v) is 7.64. The Morgan fingerprint density at radius 1 is 1.12 bits per heavy atom. The van der Waals surface area contributed by atoms with Crippen LogP contribution in [0.25, 0.3) is 39.3 Å². The van der Waals surface area contributed by atoms with E-state index in [-0.39, 0.29) is 11.7 Å². The minimum absolute atomic E-state index is 0.0814. The predicted molar refractivity (Wildman–Crippen MR) is 166 cm³/mol. The molecule has 0 atom stereocenters. The second kappa shape index (κ2) is 12.6. The molecule has 1 saturated heterocycles. The first-order valence-electron chi connectivity index (χ1n) is 14.6. The van der Waals surface area contributed by atoms with Crippen LogP contribution in [0.15, 0.2) is 67.1 Å². The van der Waals surface area contributed by atoms with Gasteiger partial charge in [-0.1, -0.05) is 13.0 Å². The van der Waals surface area contributed by atoms with Gasteiger partial charge in [0.25, 0.3) is 0 Å². The maximum atomic E-state index is 14.7. The van der Waals surface area contributed by atoms with Gasteiger partial charge in [-0.2, -0.15) is 5.10 Å². The molecule has 0 spiro atoms. The summed E-state index contributed by atoms with van der Waals surface area (Å²) in [6.45, 7) is 7.30. The highest BCUT2D eigenvalue weighted by Gasteiger charge is 2.17. The fourth-order valence-corrected chi connectivity index (χ4v) is 5.43. The molecule has 5 heterocycles. The summed E-state index contributed by atoms with van der Waals surface area (Å²) in [6.07, 6.45) is 10.0. The minimum atomic E-state index is -0.341. The van der Waals surface area contributed by atoms with E-state index in [1.54, 1.807) is 19.3 Å². The summed E-state index contributed by atoms with van der Waals surface area (Å²) in [6, 6.07) is 12.5. The van der Waals surface area contributed by atoms with Crippen LogP contribution in [-0.4, -0.2) is 62.2 Å². The number of rotatable bonds is 10. The maximum Gasteiger partial charge on any atom is 0.224 e. The van der Waals surface area contributed by atoms with Crippen LogP contribution in [0, 0.1) is 5.82 Å². The summed E-state index contributed by atoms with van der Waals surface area (Å²) in [5, 5.41) is 10.4. The van der Waals surface area contributed by atoms with Crippen molar-refractivity contribution in [3.05, 3.63) is 84.1 Å². The molecule has 0 unspecified atom stereocenters. The number of hydrogen-bond acceptors (Lipinski definition) is 6. The van der Waals surface area contributed by atoms with Gasteiger partial charge in [-0.3, -0.25) is 19.8 Å². The number of nitrogens with one attached hydrogen (secondary N) is 3. The Labute approximate surface area is 249 Å². The fraction of sp³-hybridized carbons (Fsp3) is 0.273. The van der Waals surface area contributed by atoms with E-state index in [0.717, 1.165) is 53.1 Å². The number of aromatic amines is 2. The molecule has 5 aromatic rings. The number of allylic oxidation sites excluding steroid dienone is 1. The van der Waals surface area contributed by atoms with Gasteiger partial charge in [0.1, 0.15) is 29.4 Å². The highest BCUT2D eigenvalue weighted by atomic mass is 19.1. The number of anilines is 1. The van der Waals surface area contributed by atoms with E-state index in [4.69, 9.17) is 9.72 Å². The van der Waals surface area contributed by atoms with Crippen molar-refractivity contribution in [3.63, 3.8) is 0 Å². The number of likely N-dealkylation sites (tertiary alicyclic amines) is 1. The van der Waals surface area contributed by atoms with Crippen LogP contribution in [-0.2, 0) is 4.79 Å². The van der Waals surface area contributed by atoms with E-state index in [0.29, 0.717) is 41.4 Å². The van der Waals surface area contributed by atoms with E-state index in [1.807, 2.05) is 49.5 Å². The lowest BCUT2D eigenvalue weighted by molar-refractivity contribution is -0.115. The van der Waals surface area contributed by atoms with Crippen molar-refractivity contribution in [2.45, 2.75) is 33.1 Å². The molecule has 1 fully saturated rings. The van der Waals surface area contributed by atoms with Crippen LogP contribution in [0.4, 0.5) is 10.1 Å². The third kappa shape index (κ3) is 6.34. The van der Waals surface area contributed by atoms with Gasteiger partial charge >= 0.3 is 0 Å². The number of aromatic nitrogens is 5. The van der Waals surface area contributed by atoms with Gasteiger partial charge in [-0.25, -0.2) is 9.37 Å². The normalized spacial score (nSPS) is 14.0. The summed E-state index contributed by atoms with van der Waals surface area (Å²) >= 11 is 0. The number of carbonyl (C=O) groups excluding carboxylic acids is 1. The van der Waals surface area contributed by atoms with Crippen LogP contribution < -0.4 is 10.1 Å². The molecule has 1 amide bonds. The van der Waals surface area contributed by atoms with Crippen molar-refractivity contribution in [1.29, 1.82) is 0 Å². The van der Waals surface area contributed by atoms with Gasteiger partial charge in [0.05, 0.1) is 28.8 Å². The average Bonchev–Trinajstić information content (AvgIpc) is 3.79. The van der Waals surface area contributed by atoms with Gasteiger partial charge in [0.15, 0.2) is 0 Å². The molecular weight excluding hydrogens is 545 g/mol. The molecule has 4 aromatic heterocycles. The topological polar surface area (TPSA) is 112 Å². The molecule has 0 aliphatic carbocycles. The predicted octanol–water partition coefficient (Wildman–Crippen LogP) is 6.43. The smallest absolute Gasteiger partial charge is 0.224 e. The molecule has 0 radical (unpaired) electrons. The number of amides is 1. The Kier molecular flexibility index (Phi) is 8.28. The maximum absolute atomic E-state index is 14.7. The second-order valence-corrected chi connectivity index (χ2v) is 10.6. The number of pyridine rings is 2. The zero-order chi connectivity index (χ0) is 29.8. The van der Waals surface area contributed by atoms with Crippen LogP contribution in [0.2, 0.25) is 0 Å². The fourth-order valence-electron chi connectivity index (χ4n) is 5.43. The van der Waals surface area contributed by atoms with E-state index < -0.39 is 0 Å². The van der Waals surface area contributed by atoms with E-state index >= 15 is 0 Å². The first kappa shape index (κ1) is 28.3. The first-order valence-corrected chi connectivity index (χ1v) is 14.6. The van der Waals surface area contributed by atoms with Gasteiger partial charge in [-0.05, 0) is 80.4 Å². The van der Waals surface area contributed by atoms with Crippen molar-refractivity contribution >= 4 is 28.2 Å². The number of fused-ring (bicyclic) bond motifs is 1. The lowest BCUT2D eigenvalue weighted by atomic mass is 9.99. The zero-order valence-corrected chi connectivity index (χ0v) is 24.3. The molecule has 3 N–H and O–H groups in total. The van der Waals surface area contributed by atoms with E-state index in [1.165, 1.54) is 25.0 Å². The van der Waals surface area contributed by atoms with Crippen molar-refractivity contribution in [2.24, 2.45) is 0 Å². The van der Waals surface area contributed by atoms with Crippen LogP contribution in [0.3, 0.4) is 0 Å². The number of hydrogen-bond donors (Lipinski definition) is 3. The Hall–Kier alpha value is -4.83. The number of nitrogens with zero attached hydrogens (tertiary/aromatic N) is 4. The summed E-state index contributed by atoms with van der Waals surface area (Å²) in [5.41, 5.74) is 7.49. The molecule has 9 nitrogen and oxygen atoms in total. The lowest BCUT2D eigenvalue weighted by Crippen LogP contribution is -2.25. The van der Waals surface area contributed by atoms with Crippen molar-refractivity contribution in [1.82, 2.24) is 30.0 Å². The highest BCUT2D eigenvalue weighted by Crippen LogP contribution is 2.32. The van der Waals surface area contributed by atoms with E-state index in [9.17, 15) is 9.18 Å². The first-order chi connectivity index (χ1) is 21.0. The SMILES string of the molecule is C/C=C(/c1cc(F)cc(OCCN2CCCC2)c1)c1c[nH]c(-c2n[nH]c3ccc(-c4cncc(NC(=O)CC)c4)nc23)c1. The largest absolute Gasteiger partial charge is 0.492 e. The summed E-state index contributed by atoms with van der Waals surface area (Å²) in [4.78, 5) is 26.7. The van der Waals surface area contributed by atoms with Gasteiger partial charge in [0.2, 0.25) is 5.91 Å². The second-order valence-electron chi connectivity index (χ2n) is 10.6. The molecule has 1 aliphatic heterocycles. The monoisotopic (exact) mass is 579 g/mol. The molecule has 6 rings (SSSR count). The molecule has 220 valence electrons. The Bertz CT molecular complexity index is 1790. The molecular formula is C33H34FN7O2. The third-order valence-electron chi connectivity index (χ3n) is 7.64. The van der Waals surface area contributed by atoms with Crippen LogP contribution in [0.1, 0.15) is 44.2 Å². The van der Waals surface area contributed by atoms with Crippen molar-refractivity contribution in [3.8, 4) is 28.4 Å². The number of ether oxygens (including phenoxy) is 1. The summed E-state index contributed by atoms with van der Waals surface area (Å²) < 4.78 is 20.6. The van der Waals surface area contributed by atoms with Crippen LogP contribution >= 0.6 is 0 Å². The van der Waals surface area contributed by atoms with Crippen molar-refractivity contribution < 1.29 is 13.9 Å². The number of carbonyl (C=O) groups is 1. The molecule has 43 heavy (non-hydrogen) atoms. The summed E-state index contributed by atoms with van der Waals surface area (Å²) in [5.74, 6) is 0.0980. The van der Waals surface area contributed by atoms with Crippen LogP contribution in [0.5, 0.6) is 5.75 Å². The zero-order valence-electron chi connectivity index (χ0n) is 24.3. The Balaban J connectivity index is 1.25. The highest BCUT2D eigenvalue weighted by molar-refractivity contribution is 5.93. The lowest BCUT2D eigenvalue weighted by Gasteiger charge is -2.15. The number of benzene rings is 1. The number of halogens is 1. The molecule has 0 bridgehead atoms. The number of H-pyrrole nitrogens is 2. The van der Waals surface area contributed by atoms with Crippen molar-refractivity contribution in [2.75, 3.05) is 31.6 Å². The molecule has 1 aromatic carbocycles. The minimum Gasteiger partial charge on any atom is -0.492 e. The standard InChI is InChI=1S/C33H34FN7O2/c1-3-27(21-13-24(34)17-26(15-21)43-12-11-41-9-5-6-10-41)22-16-30(36-19-22)33-32-29(39-40-33)8-7-28(38-32)23-14-25(20-35-18-23)37-31(42)4-2/h3,7-8,13-20,36H,4-6,9-12H2,1-2H3,(H,37,42)(H,39,40)/b27-3-.